The smallest absolute Gasteiger partial charge is 0.0911 e. The molecule has 1 aliphatic heterocycles. The van der Waals surface area contributed by atoms with Crippen molar-refractivity contribution in [1.29, 1.82) is 5.41 Å². The highest BCUT2D eigenvalue weighted by Crippen LogP contribution is 2.50. The van der Waals surface area contributed by atoms with Gasteiger partial charge in [0, 0.05) is 19.0 Å². The van der Waals surface area contributed by atoms with E-state index in [1.165, 1.54) is 64.5 Å². The Morgan fingerprint density at radius 2 is 1.89 bits per heavy atom. The van der Waals surface area contributed by atoms with Crippen molar-refractivity contribution >= 4 is 5.84 Å². The summed E-state index contributed by atoms with van der Waals surface area (Å²) in [6, 6.07) is 0.858. The Morgan fingerprint density at radius 3 is 2.61 bits per heavy atom. The van der Waals surface area contributed by atoms with Crippen molar-refractivity contribution in [3.05, 3.63) is 0 Å². The lowest BCUT2D eigenvalue weighted by atomic mass is 9.78. The Balaban J connectivity index is 1.62. The number of rotatable bonds is 4. The molecule has 2 atom stereocenters. The number of fused-ring (bicyclic) bond motifs is 1. The molecule has 3 heteroatoms. The van der Waals surface area contributed by atoms with Crippen LogP contribution in [0.25, 0.3) is 0 Å². The molecule has 2 saturated carbocycles. The maximum atomic E-state index is 7.55. The van der Waals surface area contributed by atoms with Crippen molar-refractivity contribution in [2.45, 2.75) is 63.8 Å². The van der Waals surface area contributed by atoms with Gasteiger partial charge in [-0.3, -0.25) is 10.3 Å². The van der Waals surface area contributed by atoms with Crippen molar-refractivity contribution in [3.8, 4) is 0 Å². The number of nitrogens with two attached hydrogens (primary N) is 1. The molecule has 3 nitrogen and oxygen atoms in total. The molecule has 0 aromatic rings. The molecular formula is C15H27N3. The van der Waals surface area contributed by atoms with Crippen LogP contribution in [0.4, 0.5) is 0 Å². The molecule has 102 valence electrons. The monoisotopic (exact) mass is 249 g/mol. The van der Waals surface area contributed by atoms with E-state index < -0.39 is 0 Å². The van der Waals surface area contributed by atoms with Gasteiger partial charge in [-0.2, -0.15) is 0 Å². The Morgan fingerprint density at radius 1 is 1.17 bits per heavy atom. The number of nitrogens with zero attached hydrogens (tertiary/aromatic N) is 1. The first-order valence-electron chi connectivity index (χ1n) is 7.76. The SMILES string of the molecule is N=C(N)CC1(CN2CCCC3CCCCC32)CC1. The van der Waals surface area contributed by atoms with Crippen LogP contribution in [0.5, 0.6) is 0 Å². The van der Waals surface area contributed by atoms with Gasteiger partial charge in [-0.1, -0.05) is 12.8 Å². The van der Waals surface area contributed by atoms with Gasteiger partial charge in [0.15, 0.2) is 0 Å². The van der Waals surface area contributed by atoms with Crippen molar-refractivity contribution in [1.82, 2.24) is 4.90 Å². The second kappa shape index (κ2) is 4.84. The molecule has 2 unspecified atom stereocenters. The molecule has 3 rings (SSSR count). The number of piperidine rings is 1. The number of hydrogen-bond donors (Lipinski definition) is 2. The van der Waals surface area contributed by atoms with E-state index in [2.05, 4.69) is 4.90 Å². The summed E-state index contributed by atoms with van der Waals surface area (Å²) < 4.78 is 0. The van der Waals surface area contributed by atoms with Crippen LogP contribution >= 0.6 is 0 Å². The summed E-state index contributed by atoms with van der Waals surface area (Å²) in [6.45, 7) is 2.51. The lowest BCUT2D eigenvalue weighted by molar-refractivity contribution is 0.0449. The second-order valence-corrected chi connectivity index (χ2v) is 6.93. The fourth-order valence-electron chi connectivity index (χ4n) is 4.33. The molecule has 3 fully saturated rings. The van der Waals surface area contributed by atoms with Crippen LogP contribution in [0.15, 0.2) is 0 Å². The van der Waals surface area contributed by atoms with E-state index in [-0.39, 0.29) is 0 Å². The summed E-state index contributed by atoms with van der Waals surface area (Å²) in [5.41, 5.74) is 6.01. The predicted octanol–water partition coefficient (Wildman–Crippen LogP) is 2.75. The summed E-state index contributed by atoms with van der Waals surface area (Å²) in [5, 5.41) is 7.55. The lowest BCUT2D eigenvalue weighted by Gasteiger charge is -2.45. The van der Waals surface area contributed by atoms with Crippen LogP contribution in [0.2, 0.25) is 0 Å². The van der Waals surface area contributed by atoms with E-state index in [1.807, 2.05) is 0 Å². The van der Waals surface area contributed by atoms with Crippen LogP contribution in [-0.4, -0.2) is 29.9 Å². The minimum Gasteiger partial charge on any atom is -0.388 e. The van der Waals surface area contributed by atoms with E-state index in [4.69, 9.17) is 11.1 Å². The average molecular weight is 249 g/mol. The summed E-state index contributed by atoms with van der Waals surface area (Å²) in [7, 11) is 0. The summed E-state index contributed by atoms with van der Waals surface area (Å²) in [4.78, 5) is 2.77. The third-order valence-corrected chi connectivity index (χ3v) is 5.42. The lowest BCUT2D eigenvalue weighted by Crippen LogP contribution is -2.49. The quantitative estimate of drug-likeness (QED) is 0.594. The number of nitrogens with one attached hydrogen (secondary N) is 1. The van der Waals surface area contributed by atoms with Gasteiger partial charge in [0.25, 0.3) is 0 Å². The van der Waals surface area contributed by atoms with Gasteiger partial charge in [-0.05, 0) is 56.4 Å². The zero-order chi connectivity index (χ0) is 12.6. The fourth-order valence-corrected chi connectivity index (χ4v) is 4.33. The summed E-state index contributed by atoms with van der Waals surface area (Å²) >= 11 is 0. The molecule has 2 aliphatic carbocycles. The summed E-state index contributed by atoms with van der Waals surface area (Å²) in [5.74, 6) is 1.37. The maximum Gasteiger partial charge on any atom is 0.0911 e. The first-order chi connectivity index (χ1) is 8.69. The number of hydrogen-bond acceptors (Lipinski definition) is 2. The molecule has 0 amide bonds. The van der Waals surface area contributed by atoms with E-state index >= 15 is 0 Å². The molecule has 0 aromatic carbocycles. The van der Waals surface area contributed by atoms with Gasteiger partial charge in [-0.15, -0.1) is 0 Å². The van der Waals surface area contributed by atoms with Crippen LogP contribution in [0.3, 0.4) is 0 Å². The molecule has 0 aromatic heterocycles. The average Bonchev–Trinajstić information content (AvgIpc) is 3.08. The molecule has 3 aliphatic rings. The van der Waals surface area contributed by atoms with E-state index in [9.17, 15) is 0 Å². The van der Waals surface area contributed by atoms with Crippen molar-refractivity contribution in [2.75, 3.05) is 13.1 Å². The highest BCUT2D eigenvalue weighted by molar-refractivity contribution is 5.78. The van der Waals surface area contributed by atoms with Crippen molar-refractivity contribution in [3.63, 3.8) is 0 Å². The van der Waals surface area contributed by atoms with Crippen LogP contribution in [-0.2, 0) is 0 Å². The largest absolute Gasteiger partial charge is 0.388 e. The Labute approximate surface area is 111 Å². The number of amidine groups is 1. The molecule has 1 saturated heterocycles. The van der Waals surface area contributed by atoms with E-state index in [0.717, 1.165) is 18.4 Å². The maximum absolute atomic E-state index is 7.55. The molecule has 0 spiro atoms. The standard InChI is InChI=1S/C15H27N3/c16-14(17)10-15(7-8-15)11-18-9-3-5-12-4-1-2-6-13(12)18/h12-13H,1-11H2,(H3,16,17). The van der Waals surface area contributed by atoms with Crippen molar-refractivity contribution < 1.29 is 0 Å². The Bertz CT molecular complexity index is 320. The molecule has 1 heterocycles. The Kier molecular flexibility index (Phi) is 3.35. The minimum atomic E-state index is 0.393. The first-order valence-corrected chi connectivity index (χ1v) is 7.76. The predicted molar refractivity (Wildman–Crippen MR) is 74.8 cm³/mol. The fraction of sp³-hybridized carbons (Fsp3) is 0.933. The van der Waals surface area contributed by atoms with Crippen molar-refractivity contribution in [2.24, 2.45) is 17.1 Å². The third-order valence-electron chi connectivity index (χ3n) is 5.42. The van der Waals surface area contributed by atoms with Gasteiger partial charge in [0.05, 0.1) is 5.84 Å². The zero-order valence-corrected chi connectivity index (χ0v) is 11.5. The zero-order valence-electron chi connectivity index (χ0n) is 11.5. The van der Waals surface area contributed by atoms with Gasteiger partial charge in [0.2, 0.25) is 0 Å². The third kappa shape index (κ3) is 2.56. The molecule has 18 heavy (non-hydrogen) atoms. The van der Waals surface area contributed by atoms with Crippen LogP contribution < -0.4 is 5.73 Å². The highest BCUT2D eigenvalue weighted by Gasteiger charge is 2.46. The molecule has 0 radical (unpaired) electrons. The molecule has 0 bridgehead atoms. The van der Waals surface area contributed by atoms with E-state index in [1.54, 1.807) is 0 Å². The van der Waals surface area contributed by atoms with Gasteiger partial charge < -0.3 is 5.73 Å². The molecule has 3 N–H and O–H groups in total. The second-order valence-electron chi connectivity index (χ2n) is 6.93. The molecular weight excluding hydrogens is 222 g/mol. The Hall–Kier alpha value is -0.570. The topological polar surface area (TPSA) is 53.1 Å². The summed E-state index contributed by atoms with van der Waals surface area (Å²) in [6.07, 6.45) is 12.0. The van der Waals surface area contributed by atoms with Crippen LogP contribution in [0, 0.1) is 16.7 Å². The number of likely N-dealkylation sites (tertiary alicyclic amines) is 1. The highest BCUT2D eigenvalue weighted by atomic mass is 15.2. The normalized spacial score (nSPS) is 34.9. The van der Waals surface area contributed by atoms with Crippen LogP contribution in [0.1, 0.15) is 57.8 Å². The van der Waals surface area contributed by atoms with Gasteiger partial charge >= 0.3 is 0 Å². The van der Waals surface area contributed by atoms with E-state index in [0.29, 0.717) is 11.3 Å². The first kappa shape index (κ1) is 12.5. The van der Waals surface area contributed by atoms with Gasteiger partial charge in [-0.25, -0.2) is 0 Å². The van der Waals surface area contributed by atoms with Gasteiger partial charge in [0.1, 0.15) is 0 Å². The minimum absolute atomic E-state index is 0.393.